The third-order valence-electron chi connectivity index (χ3n) is 4.10. The summed E-state index contributed by atoms with van der Waals surface area (Å²) in [4.78, 5) is 16.7. The number of hydrogen-bond acceptors (Lipinski definition) is 5. The Bertz CT molecular complexity index is 823. The zero-order valence-electron chi connectivity index (χ0n) is 13.4. The number of halogens is 2. The lowest BCUT2D eigenvalue weighted by Gasteiger charge is -2.13. The van der Waals surface area contributed by atoms with E-state index in [2.05, 4.69) is 15.6 Å². The van der Waals surface area contributed by atoms with E-state index in [0.717, 1.165) is 17.0 Å². The van der Waals surface area contributed by atoms with Crippen LogP contribution in [0.2, 0.25) is 0 Å². The number of nitrogens with one attached hydrogen (secondary N) is 2. The number of carbonyl (C=O) groups is 1. The van der Waals surface area contributed by atoms with Crippen LogP contribution in [0.5, 0.6) is 5.75 Å². The molecular formula is C16H15Cl2N3O2S2. The number of thiazole rings is 1. The first kappa shape index (κ1) is 18.4. The standard InChI is InChI=1S/C16H15Cl2N3O2S2/c1-15(8-16(15,17)18)12(22)20-13(24)21-14-19-11(7-25-14)9-3-5-10(23-2)6-4-9/h3-7H,8H2,1-2H3,(H2,19,20,21,22,24). The first-order valence-corrected chi connectivity index (χ1v) is 9.40. The van der Waals surface area contributed by atoms with Crippen LogP contribution in [0.3, 0.4) is 0 Å². The lowest BCUT2D eigenvalue weighted by Crippen LogP contribution is -2.40. The van der Waals surface area contributed by atoms with Gasteiger partial charge in [-0.1, -0.05) is 0 Å². The molecule has 1 aromatic carbocycles. The molecule has 0 aliphatic heterocycles. The number of aromatic nitrogens is 1. The number of benzene rings is 1. The first-order chi connectivity index (χ1) is 11.7. The third kappa shape index (κ3) is 3.74. The fraction of sp³-hybridized carbons (Fsp3) is 0.312. The molecule has 0 spiro atoms. The van der Waals surface area contributed by atoms with Gasteiger partial charge in [-0.25, -0.2) is 4.98 Å². The number of hydrogen-bond donors (Lipinski definition) is 2. The molecule has 1 atom stereocenters. The summed E-state index contributed by atoms with van der Waals surface area (Å²) in [6.07, 6.45) is 0.399. The molecule has 2 aromatic rings. The molecule has 1 saturated carbocycles. The minimum Gasteiger partial charge on any atom is -0.497 e. The molecule has 3 rings (SSSR count). The number of methoxy groups -OCH3 is 1. The average Bonchev–Trinajstić information content (AvgIpc) is 2.90. The molecule has 2 N–H and O–H groups in total. The molecule has 1 aliphatic carbocycles. The van der Waals surface area contributed by atoms with E-state index in [4.69, 9.17) is 40.2 Å². The number of rotatable bonds is 4. The Labute approximate surface area is 164 Å². The highest BCUT2D eigenvalue weighted by molar-refractivity contribution is 7.80. The normalized spacial score (nSPS) is 20.6. The summed E-state index contributed by atoms with van der Waals surface area (Å²) in [5, 5.41) is 8.17. The van der Waals surface area contributed by atoms with Gasteiger partial charge in [-0.15, -0.1) is 34.5 Å². The number of amides is 1. The van der Waals surface area contributed by atoms with Gasteiger partial charge >= 0.3 is 0 Å². The van der Waals surface area contributed by atoms with Gasteiger partial charge in [0.1, 0.15) is 10.1 Å². The van der Waals surface area contributed by atoms with Crippen LogP contribution in [0, 0.1) is 5.41 Å². The minimum atomic E-state index is -1.03. The van der Waals surface area contributed by atoms with Crippen molar-refractivity contribution >= 4 is 62.9 Å². The van der Waals surface area contributed by atoms with E-state index in [9.17, 15) is 4.79 Å². The molecule has 132 valence electrons. The fourth-order valence-corrected chi connectivity index (χ4v) is 3.93. The van der Waals surface area contributed by atoms with Crippen molar-refractivity contribution in [2.75, 3.05) is 12.4 Å². The molecule has 1 amide bonds. The molecule has 1 heterocycles. The largest absolute Gasteiger partial charge is 0.497 e. The second kappa shape index (κ2) is 6.72. The Kier molecular flexibility index (Phi) is 4.94. The quantitative estimate of drug-likeness (QED) is 0.578. The van der Waals surface area contributed by atoms with Crippen LogP contribution in [0.4, 0.5) is 5.13 Å². The van der Waals surface area contributed by atoms with Crippen LogP contribution in [0.15, 0.2) is 29.6 Å². The van der Waals surface area contributed by atoms with Crippen molar-refractivity contribution in [3.8, 4) is 17.0 Å². The lowest BCUT2D eigenvalue weighted by molar-refractivity contribution is -0.124. The first-order valence-electron chi connectivity index (χ1n) is 7.35. The summed E-state index contributed by atoms with van der Waals surface area (Å²) < 4.78 is 4.11. The van der Waals surface area contributed by atoms with Crippen LogP contribution in [0.1, 0.15) is 13.3 Å². The zero-order valence-corrected chi connectivity index (χ0v) is 16.6. The average molecular weight is 416 g/mol. The molecule has 1 aromatic heterocycles. The maximum atomic E-state index is 12.2. The lowest BCUT2D eigenvalue weighted by atomic mass is 10.1. The van der Waals surface area contributed by atoms with Gasteiger partial charge in [0.25, 0.3) is 0 Å². The number of alkyl halides is 2. The number of ether oxygens (including phenoxy) is 1. The van der Waals surface area contributed by atoms with Crippen molar-refractivity contribution < 1.29 is 9.53 Å². The van der Waals surface area contributed by atoms with Gasteiger partial charge in [-0.3, -0.25) is 4.79 Å². The molecule has 1 unspecified atom stereocenters. The molecule has 5 nitrogen and oxygen atoms in total. The summed E-state index contributed by atoms with van der Waals surface area (Å²) in [7, 11) is 1.62. The van der Waals surface area contributed by atoms with E-state index in [1.807, 2.05) is 29.6 Å². The van der Waals surface area contributed by atoms with E-state index >= 15 is 0 Å². The summed E-state index contributed by atoms with van der Waals surface area (Å²) in [5.74, 6) is 0.478. The SMILES string of the molecule is COc1ccc(-c2csc(NC(=S)NC(=O)C3(C)CC3(Cl)Cl)n2)cc1. The molecule has 9 heteroatoms. The predicted octanol–water partition coefficient (Wildman–Crippen LogP) is 4.22. The van der Waals surface area contributed by atoms with E-state index in [-0.39, 0.29) is 11.0 Å². The zero-order chi connectivity index (χ0) is 18.2. The molecule has 0 bridgehead atoms. The van der Waals surface area contributed by atoms with Crippen LogP contribution in [-0.4, -0.2) is 27.4 Å². The van der Waals surface area contributed by atoms with Crippen molar-refractivity contribution in [2.45, 2.75) is 17.7 Å². The Morgan fingerprint density at radius 2 is 2.00 bits per heavy atom. The van der Waals surface area contributed by atoms with Gasteiger partial charge < -0.3 is 15.4 Å². The van der Waals surface area contributed by atoms with E-state index in [0.29, 0.717) is 11.6 Å². The molecular weight excluding hydrogens is 401 g/mol. The molecule has 25 heavy (non-hydrogen) atoms. The third-order valence-corrected chi connectivity index (χ3v) is 6.16. The molecule has 1 aliphatic rings. The highest BCUT2D eigenvalue weighted by atomic mass is 35.5. The molecule has 0 radical (unpaired) electrons. The number of thiocarbonyl (C=S) groups is 1. The van der Waals surface area contributed by atoms with Crippen LogP contribution in [-0.2, 0) is 4.79 Å². The van der Waals surface area contributed by atoms with Gasteiger partial charge in [0.2, 0.25) is 5.91 Å². The van der Waals surface area contributed by atoms with Crippen LogP contribution >= 0.6 is 46.8 Å². The summed E-state index contributed by atoms with van der Waals surface area (Å²) in [5.41, 5.74) is 0.942. The van der Waals surface area contributed by atoms with Gasteiger partial charge in [0.05, 0.1) is 18.2 Å². The smallest absolute Gasteiger partial charge is 0.235 e. The monoisotopic (exact) mass is 415 g/mol. The van der Waals surface area contributed by atoms with E-state index in [1.165, 1.54) is 11.3 Å². The van der Waals surface area contributed by atoms with E-state index < -0.39 is 9.75 Å². The molecule has 1 fully saturated rings. The maximum absolute atomic E-state index is 12.2. The second-order valence-corrected chi connectivity index (χ2v) is 8.64. The summed E-state index contributed by atoms with van der Waals surface area (Å²) >= 11 is 18.6. The van der Waals surface area contributed by atoms with Crippen molar-refractivity contribution in [1.29, 1.82) is 0 Å². The van der Waals surface area contributed by atoms with Gasteiger partial charge in [0, 0.05) is 10.9 Å². The Morgan fingerprint density at radius 3 is 2.56 bits per heavy atom. The van der Waals surface area contributed by atoms with Gasteiger partial charge in [0.15, 0.2) is 10.2 Å². The maximum Gasteiger partial charge on any atom is 0.235 e. The Hall–Kier alpha value is -1.41. The predicted molar refractivity (Wildman–Crippen MR) is 106 cm³/mol. The highest BCUT2D eigenvalue weighted by Crippen LogP contribution is 2.63. The molecule has 0 saturated heterocycles. The minimum absolute atomic E-state index is 0.165. The Morgan fingerprint density at radius 1 is 1.36 bits per heavy atom. The van der Waals surface area contributed by atoms with Crippen molar-refractivity contribution in [3.63, 3.8) is 0 Å². The summed E-state index contributed by atoms with van der Waals surface area (Å²) in [6.45, 7) is 1.70. The van der Waals surface area contributed by atoms with Gasteiger partial charge in [-0.2, -0.15) is 0 Å². The van der Waals surface area contributed by atoms with Crippen molar-refractivity contribution in [3.05, 3.63) is 29.6 Å². The highest BCUT2D eigenvalue weighted by Gasteiger charge is 2.68. The fourth-order valence-electron chi connectivity index (χ4n) is 2.24. The number of carbonyl (C=O) groups excluding carboxylic acids is 1. The van der Waals surface area contributed by atoms with Crippen molar-refractivity contribution in [2.24, 2.45) is 5.41 Å². The number of anilines is 1. The van der Waals surface area contributed by atoms with Crippen LogP contribution < -0.4 is 15.4 Å². The van der Waals surface area contributed by atoms with Crippen molar-refractivity contribution in [1.82, 2.24) is 10.3 Å². The van der Waals surface area contributed by atoms with E-state index in [1.54, 1.807) is 14.0 Å². The topological polar surface area (TPSA) is 63.2 Å². The Balaban J connectivity index is 1.61. The van der Waals surface area contributed by atoms with Gasteiger partial charge in [-0.05, 0) is 49.8 Å². The number of nitrogens with zero attached hydrogens (tertiary/aromatic N) is 1. The second-order valence-electron chi connectivity index (χ2n) is 5.89. The summed E-state index contributed by atoms with van der Waals surface area (Å²) in [6, 6.07) is 7.58. The van der Waals surface area contributed by atoms with Crippen LogP contribution in [0.25, 0.3) is 11.3 Å².